The SMILES string of the molecule is O=C(c1ccccn1)N1CCN(C(=O)C2CCC(NS(=O)(=O)c3ccc(Br)cc3)CC2)[C@@H](c2ccccc2)C1. The number of carbonyl (C=O) groups is 2. The van der Waals surface area contributed by atoms with Crippen molar-refractivity contribution in [2.24, 2.45) is 5.92 Å². The number of amides is 2. The van der Waals surface area contributed by atoms with Crippen molar-refractivity contribution in [3.05, 3.63) is 94.7 Å². The topological polar surface area (TPSA) is 99.7 Å². The lowest BCUT2D eigenvalue weighted by Gasteiger charge is -2.43. The molecule has 204 valence electrons. The van der Waals surface area contributed by atoms with E-state index in [0.717, 1.165) is 10.0 Å². The van der Waals surface area contributed by atoms with Crippen LogP contribution in [0.1, 0.15) is 47.8 Å². The summed E-state index contributed by atoms with van der Waals surface area (Å²) in [6.07, 6.45) is 4.03. The van der Waals surface area contributed by atoms with Crippen LogP contribution in [0.5, 0.6) is 0 Å². The van der Waals surface area contributed by atoms with Crippen LogP contribution in [0, 0.1) is 5.92 Å². The molecule has 10 heteroatoms. The molecule has 1 N–H and O–H groups in total. The molecule has 1 aliphatic heterocycles. The lowest BCUT2D eigenvalue weighted by atomic mass is 9.85. The van der Waals surface area contributed by atoms with Crippen molar-refractivity contribution in [3.8, 4) is 0 Å². The normalized spacial score (nSPS) is 21.9. The minimum Gasteiger partial charge on any atom is -0.333 e. The van der Waals surface area contributed by atoms with Crippen LogP contribution in [-0.2, 0) is 14.8 Å². The number of nitrogens with one attached hydrogen (secondary N) is 1. The van der Waals surface area contributed by atoms with Crippen LogP contribution in [0.3, 0.4) is 0 Å². The van der Waals surface area contributed by atoms with Gasteiger partial charge in [-0.2, -0.15) is 0 Å². The molecule has 2 fully saturated rings. The summed E-state index contributed by atoms with van der Waals surface area (Å²) in [5, 5.41) is 0. The summed E-state index contributed by atoms with van der Waals surface area (Å²) >= 11 is 3.33. The van der Waals surface area contributed by atoms with E-state index < -0.39 is 10.0 Å². The number of pyridine rings is 1. The summed E-state index contributed by atoms with van der Waals surface area (Å²) in [5.74, 6) is -0.243. The van der Waals surface area contributed by atoms with Crippen molar-refractivity contribution in [1.82, 2.24) is 19.5 Å². The van der Waals surface area contributed by atoms with Gasteiger partial charge in [-0.1, -0.05) is 52.3 Å². The second-order valence-corrected chi connectivity index (χ2v) is 12.7. The van der Waals surface area contributed by atoms with Gasteiger partial charge in [-0.25, -0.2) is 13.1 Å². The number of hydrogen-bond donors (Lipinski definition) is 1. The van der Waals surface area contributed by atoms with Gasteiger partial charge in [0, 0.05) is 42.3 Å². The summed E-state index contributed by atoms with van der Waals surface area (Å²) in [5.41, 5.74) is 1.38. The minimum absolute atomic E-state index is 0.0722. The molecule has 1 aliphatic carbocycles. The van der Waals surface area contributed by atoms with E-state index in [1.807, 2.05) is 35.2 Å². The van der Waals surface area contributed by atoms with Crippen LogP contribution < -0.4 is 4.72 Å². The molecule has 2 amide bonds. The Morgan fingerprint density at radius 3 is 2.23 bits per heavy atom. The Kier molecular flexibility index (Phi) is 8.44. The summed E-state index contributed by atoms with van der Waals surface area (Å²) < 4.78 is 29.3. The van der Waals surface area contributed by atoms with Crippen molar-refractivity contribution >= 4 is 37.8 Å². The third-order valence-electron chi connectivity index (χ3n) is 7.54. The van der Waals surface area contributed by atoms with Crippen LogP contribution in [0.25, 0.3) is 0 Å². The van der Waals surface area contributed by atoms with Crippen molar-refractivity contribution in [1.29, 1.82) is 0 Å². The van der Waals surface area contributed by atoms with Gasteiger partial charge in [0.25, 0.3) is 5.91 Å². The molecule has 1 atom stereocenters. The van der Waals surface area contributed by atoms with Crippen molar-refractivity contribution in [3.63, 3.8) is 0 Å². The average molecular weight is 612 g/mol. The summed E-state index contributed by atoms with van der Waals surface area (Å²) in [7, 11) is -3.63. The van der Waals surface area contributed by atoms with Crippen LogP contribution in [-0.4, -0.2) is 60.7 Å². The van der Waals surface area contributed by atoms with E-state index in [1.54, 1.807) is 53.6 Å². The third-order valence-corrected chi connectivity index (χ3v) is 9.61. The fourth-order valence-electron chi connectivity index (χ4n) is 5.44. The van der Waals surface area contributed by atoms with Crippen LogP contribution in [0.2, 0.25) is 0 Å². The number of nitrogens with zero attached hydrogens (tertiary/aromatic N) is 3. The number of aromatic nitrogens is 1. The molecule has 39 heavy (non-hydrogen) atoms. The monoisotopic (exact) mass is 610 g/mol. The van der Waals surface area contributed by atoms with Crippen molar-refractivity contribution in [2.75, 3.05) is 19.6 Å². The average Bonchev–Trinajstić information content (AvgIpc) is 2.97. The van der Waals surface area contributed by atoms with E-state index in [9.17, 15) is 18.0 Å². The van der Waals surface area contributed by atoms with Gasteiger partial charge in [-0.15, -0.1) is 0 Å². The van der Waals surface area contributed by atoms with Gasteiger partial charge in [-0.05, 0) is 67.6 Å². The second-order valence-electron chi connectivity index (χ2n) is 10.0. The molecule has 1 saturated carbocycles. The summed E-state index contributed by atoms with van der Waals surface area (Å²) in [6, 6.07) is 21.2. The van der Waals surface area contributed by atoms with Crippen LogP contribution >= 0.6 is 15.9 Å². The maximum atomic E-state index is 13.8. The van der Waals surface area contributed by atoms with E-state index in [0.29, 0.717) is 51.0 Å². The molecule has 0 bridgehead atoms. The van der Waals surface area contributed by atoms with Gasteiger partial charge in [0.2, 0.25) is 15.9 Å². The molecule has 5 rings (SSSR count). The molecule has 3 aromatic rings. The molecule has 2 aliphatic rings. The first-order valence-electron chi connectivity index (χ1n) is 13.2. The van der Waals surface area contributed by atoms with E-state index in [4.69, 9.17) is 0 Å². The Bertz CT molecular complexity index is 1400. The number of benzene rings is 2. The standard InChI is InChI=1S/C29H31BrN4O4S/c30-23-11-15-25(16-12-23)39(37,38)32-24-13-9-22(10-14-24)28(35)34-19-18-33(29(36)26-8-4-5-17-31-26)20-27(34)21-6-2-1-3-7-21/h1-8,11-12,15-17,22,24,27,32H,9-10,13-14,18-20H2/t22?,24?,27-/m1/s1. The quantitative estimate of drug-likeness (QED) is 0.446. The predicted octanol–water partition coefficient (Wildman–Crippen LogP) is 4.41. The Hall–Kier alpha value is -3.08. The zero-order chi connectivity index (χ0) is 27.4. The molecule has 1 aromatic heterocycles. The van der Waals surface area contributed by atoms with Gasteiger partial charge in [-0.3, -0.25) is 14.6 Å². The number of sulfonamides is 1. The van der Waals surface area contributed by atoms with Gasteiger partial charge in [0.1, 0.15) is 5.69 Å². The zero-order valence-electron chi connectivity index (χ0n) is 21.4. The molecule has 0 unspecified atom stereocenters. The highest BCUT2D eigenvalue weighted by Gasteiger charge is 2.38. The van der Waals surface area contributed by atoms with Gasteiger partial charge in [0.15, 0.2) is 0 Å². The molecule has 2 heterocycles. The van der Waals surface area contributed by atoms with Crippen LogP contribution in [0.4, 0.5) is 0 Å². The van der Waals surface area contributed by atoms with Gasteiger partial charge in [0.05, 0.1) is 10.9 Å². The van der Waals surface area contributed by atoms with Crippen LogP contribution in [0.15, 0.2) is 88.4 Å². The van der Waals surface area contributed by atoms with E-state index in [2.05, 4.69) is 25.6 Å². The highest BCUT2D eigenvalue weighted by atomic mass is 79.9. The number of hydrogen-bond acceptors (Lipinski definition) is 5. The fourth-order valence-corrected chi connectivity index (χ4v) is 7.01. The van der Waals surface area contributed by atoms with Gasteiger partial charge < -0.3 is 9.80 Å². The van der Waals surface area contributed by atoms with Crippen molar-refractivity contribution in [2.45, 2.75) is 42.7 Å². The second kappa shape index (κ2) is 12.0. The maximum absolute atomic E-state index is 13.8. The minimum atomic E-state index is -3.63. The Balaban J connectivity index is 1.25. The lowest BCUT2D eigenvalue weighted by Crippen LogP contribution is -2.54. The molecule has 8 nitrogen and oxygen atoms in total. The largest absolute Gasteiger partial charge is 0.333 e. The smallest absolute Gasteiger partial charge is 0.272 e. The summed E-state index contributed by atoms with van der Waals surface area (Å²) in [4.78, 5) is 35.0. The van der Waals surface area contributed by atoms with Gasteiger partial charge >= 0.3 is 0 Å². The Morgan fingerprint density at radius 1 is 0.872 bits per heavy atom. The molecular formula is C29H31BrN4O4S. The highest BCUT2D eigenvalue weighted by Crippen LogP contribution is 2.33. The molecule has 1 saturated heterocycles. The third kappa shape index (κ3) is 6.40. The van der Waals surface area contributed by atoms with E-state index in [-0.39, 0.29) is 34.7 Å². The first kappa shape index (κ1) is 27.5. The molecule has 0 radical (unpaired) electrons. The first-order chi connectivity index (χ1) is 18.8. The number of carbonyl (C=O) groups excluding carboxylic acids is 2. The van der Waals surface area contributed by atoms with E-state index in [1.165, 1.54) is 0 Å². The first-order valence-corrected chi connectivity index (χ1v) is 15.4. The Morgan fingerprint density at radius 2 is 1.56 bits per heavy atom. The molecule has 2 aromatic carbocycles. The number of rotatable bonds is 6. The Labute approximate surface area is 237 Å². The highest BCUT2D eigenvalue weighted by molar-refractivity contribution is 9.10. The molecule has 0 spiro atoms. The number of piperazine rings is 1. The maximum Gasteiger partial charge on any atom is 0.272 e. The molecular weight excluding hydrogens is 580 g/mol. The summed E-state index contributed by atoms with van der Waals surface area (Å²) in [6.45, 7) is 1.27. The van der Waals surface area contributed by atoms with E-state index >= 15 is 0 Å². The fraction of sp³-hybridized carbons (Fsp3) is 0.345. The van der Waals surface area contributed by atoms with Crippen molar-refractivity contribution < 1.29 is 18.0 Å². The predicted molar refractivity (Wildman–Crippen MR) is 151 cm³/mol. The lowest BCUT2D eigenvalue weighted by molar-refractivity contribution is -0.141. The zero-order valence-corrected chi connectivity index (χ0v) is 23.9. The number of halogens is 1.